The fourth-order valence-electron chi connectivity index (χ4n) is 1.76. The minimum absolute atomic E-state index is 0.474. The van der Waals surface area contributed by atoms with E-state index in [0.717, 1.165) is 16.5 Å². The van der Waals surface area contributed by atoms with Crippen molar-refractivity contribution in [3.05, 3.63) is 23.3 Å². The van der Waals surface area contributed by atoms with Crippen molar-refractivity contribution in [2.24, 2.45) is 0 Å². The quantitative estimate of drug-likeness (QED) is 0.852. The first kappa shape index (κ1) is 11.4. The molecule has 0 amide bonds. The molecule has 0 aliphatic heterocycles. The lowest BCUT2D eigenvalue weighted by molar-refractivity contribution is -0.137. The molecule has 0 aliphatic carbocycles. The molecule has 90 valence electrons. The second kappa shape index (κ2) is 4.08. The van der Waals surface area contributed by atoms with Crippen molar-refractivity contribution in [3.8, 4) is 0 Å². The molecule has 1 unspecified atom stereocenters. The van der Waals surface area contributed by atoms with Crippen LogP contribution in [0.2, 0.25) is 0 Å². The topological polar surface area (TPSA) is 75.4 Å². The van der Waals surface area contributed by atoms with Gasteiger partial charge in [0, 0.05) is 0 Å². The Bertz CT molecular complexity index is 574. The van der Waals surface area contributed by atoms with Crippen LogP contribution in [0.15, 0.2) is 16.7 Å². The highest BCUT2D eigenvalue weighted by molar-refractivity contribution is 5.92. The zero-order valence-electron chi connectivity index (χ0n) is 9.94. The number of hydrogen-bond donors (Lipinski definition) is 2. The van der Waals surface area contributed by atoms with E-state index in [1.54, 1.807) is 6.92 Å². The predicted molar refractivity (Wildman–Crippen MR) is 64.2 cm³/mol. The maximum absolute atomic E-state index is 10.8. The highest BCUT2D eigenvalue weighted by Gasteiger charge is 2.16. The highest BCUT2D eigenvalue weighted by atomic mass is 16.5. The fourth-order valence-corrected chi connectivity index (χ4v) is 1.76. The van der Waals surface area contributed by atoms with Crippen molar-refractivity contribution in [2.75, 3.05) is 5.32 Å². The first-order valence-corrected chi connectivity index (χ1v) is 5.35. The van der Waals surface area contributed by atoms with Crippen LogP contribution in [0.4, 0.5) is 5.82 Å². The zero-order valence-corrected chi connectivity index (χ0v) is 9.94. The van der Waals surface area contributed by atoms with Crippen LogP contribution >= 0.6 is 0 Å². The SMILES string of the molecule is Cc1cc(C)c2onc(NC(C)C(=O)O)c2c1. The molecule has 17 heavy (non-hydrogen) atoms. The van der Waals surface area contributed by atoms with Crippen molar-refractivity contribution in [3.63, 3.8) is 0 Å². The second-order valence-electron chi connectivity index (χ2n) is 4.19. The molecule has 0 radical (unpaired) electrons. The highest BCUT2D eigenvalue weighted by Crippen LogP contribution is 2.27. The van der Waals surface area contributed by atoms with Crippen molar-refractivity contribution < 1.29 is 14.4 Å². The van der Waals surface area contributed by atoms with Crippen molar-refractivity contribution in [1.82, 2.24) is 5.16 Å². The van der Waals surface area contributed by atoms with E-state index >= 15 is 0 Å². The number of aliphatic carboxylic acids is 1. The largest absolute Gasteiger partial charge is 0.480 e. The third-order valence-electron chi connectivity index (χ3n) is 2.63. The minimum atomic E-state index is -0.925. The molecule has 0 fully saturated rings. The van der Waals surface area contributed by atoms with Gasteiger partial charge in [-0.1, -0.05) is 11.2 Å². The Morgan fingerprint density at radius 2 is 2.18 bits per heavy atom. The van der Waals surface area contributed by atoms with Gasteiger partial charge in [0.2, 0.25) is 0 Å². The third kappa shape index (κ3) is 2.08. The van der Waals surface area contributed by atoms with Gasteiger partial charge in [0.05, 0.1) is 5.39 Å². The molecule has 2 aromatic rings. The molecule has 0 saturated carbocycles. The molecule has 5 heteroatoms. The predicted octanol–water partition coefficient (Wildman–Crippen LogP) is 2.33. The second-order valence-corrected chi connectivity index (χ2v) is 4.19. The normalized spacial score (nSPS) is 12.6. The van der Waals surface area contributed by atoms with Crippen LogP contribution in [0, 0.1) is 13.8 Å². The molecular weight excluding hydrogens is 220 g/mol. The molecule has 2 N–H and O–H groups in total. The number of nitrogens with zero attached hydrogens (tertiary/aromatic N) is 1. The first-order chi connectivity index (χ1) is 7.99. The monoisotopic (exact) mass is 234 g/mol. The number of carbonyl (C=O) groups is 1. The summed E-state index contributed by atoms with van der Waals surface area (Å²) in [7, 11) is 0. The smallest absolute Gasteiger partial charge is 0.325 e. The number of carboxylic acids is 1. The maximum atomic E-state index is 10.8. The number of aryl methyl sites for hydroxylation is 2. The van der Waals surface area contributed by atoms with Crippen LogP contribution in [-0.4, -0.2) is 22.3 Å². The summed E-state index contributed by atoms with van der Waals surface area (Å²) in [4.78, 5) is 10.8. The summed E-state index contributed by atoms with van der Waals surface area (Å²) in [6.07, 6.45) is 0. The number of rotatable bonds is 3. The van der Waals surface area contributed by atoms with E-state index in [-0.39, 0.29) is 0 Å². The van der Waals surface area contributed by atoms with Crippen molar-refractivity contribution >= 4 is 22.8 Å². The summed E-state index contributed by atoms with van der Waals surface area (Å²) in [5, 5.41) is 16.3. The average Bonchev–Trinajstić information content (AvgIpc) is 2.61. The van der Waals surface area contributed by atoms with E-state index in [1.165, 1.54) is 0 Å². The van der Waals surface area contributed by atoms with Crippen LogP contribution < -0.4 is 5.32 Å². The van der Waals surface area contributed by atoms with Crippen LogP contribution in [0.3, 0.4) is 0 Å². The maximum Gasteiger partial charge on any atom is 0.325 e. The van der Waals surface area contributed by atoms with Gasteiger partial charge < -0.3 is 14.9 Å². The van der Waals surface area contributed by atoms with Gasteiger partial charge in [-0.2, -0.15) is 0 Å². The Labute approximate surface area is 98.4 Å². The van der Waals surface area contributed by atoms with Gasteiger partial charge in [-0.3, -0.25) is 4.79 Å². The summed E-state index contributed by atoms with van der Waals surface area (Å²) in [6.45, 7) is 5.47. The van der Waals surface area contributed by atoms with Gasteiger partial charge in [0.25, 0.3) is 0 Å². The molecule has 1 atom stereocenters. The van der Waals surface area contributed by atoms with Crippen LogP contribution in [-0.2, 0) is 4.79 Å². The van der Waals surface area contributed by atoms with Crippen LogP contribution in [0.5, 0.6) is 0 Å². The summed E-state index contributed by atoms with van der Waals surface area (Å²) < 4.78 is 5.21. The van der Waals surface area contributed by atoms with Gasteiger partial charge in [0.15, 0.2) is 11.4 Å². The molecule has 1 heterocycles. The van der Waals surface area contributed by atoms with Crippen LogP contribution in [0.1, 0.15) is 18.1 Å². The Morgan fingerprint density at radius 1 is 1.47 bits per heavy atom. The van der Waals surface area contributed by atoms with Gasteiger partial charge in [-0.25, -0.2) is 0 Å². The number of anilines is 1. The summed E-state index contributed by atoms with van der Waals surface area (Å²) >= 11 is 0. The summed E-state index contributed by atoms with van der Waals surface area (Å²) in [5.41, 5.74) is 2.77. The van der Waals surface area contributed by atoms with Crippen molar-refractivity contribution in [2.45, 2.75) is 26.8 Å². The number of benzene rings is 1. The van der Waals surface area contributed by atoms with Gasteiger partial charge >= 0.3 is 5.97 Å². The van der Waals surface area contributed by atoms with E-state index in [1.807, 2.05) is 26.0 Å². The van der Waals surface area contributed by atoms with Gasteiger partial charge in [0.1, 0.15) is 6.04 Å². The number of hydrogen-bond acceptors (Lipinski definition) is 4. The molecule has 2 rings (SSSR count). The number of carboxylic acid groups (broad SMARTS) is 1. The Balaban J connectivity index is 2.45. The standard InChI is InChI=1S/C12H14N2O3/c1-6-4-7(2)10-9(5-6)11(14-17-10)13-8(3)12(15)16/h4-5,8H,1-3H3,(H,13,14)(H,15,16). The molecule has 1 aromatic heterocycles. The number of nitrogens with one attached hydrogen (secondary N) is 1. The van der Waals surface area contributed by atoms with E-state index in [4.69, 9.17) is 9.63 Å². The summed E-state index contributed by atoms with van der Waals surface area (Å²) in [5.74, 6) is -0.452. The molecule has 0 bridgehead atoms. The lowest BCUT2D eigenvalue weighted by atomic mass is 10.1. The van der Waals surface area contributed by atoms with E-state index < -0.39 is 12.0 Å². The Kier molecular flexibility index (Phi) is 2.75. The number of fused-ring (bicyclic) bond motifs is 1. The first-order valence-electron chi connectivity index (χ1n) is 5.35. The van der Waals surface area contributed by atoms with Crippen molar-refractivity contribution in [1.29, 1.82) is 0 Å². The Morgan fingerprint density at radius 3 is 2.82 bits per heavy atom. The third-order valence-corrected chi connectivity index (χ3v) is 2.63. The lowest BCUT2D eigenvalue weighted by Crippen LogP contribution is -2.25. The van der Waals surface area contributed by atoms with E-state index in [2.05, 4.69) is 10.5 Å². The van der Waals surface area contributed by atoms with E-state index in [0.29, 0.717) is 11.4 Å². The van der Waals surface area contributed by atoms with Gasteiger partial charge in [-0.15, -0.1) is 0 Å². The Hall–Kier alpha value is -2.04. The minimum Gasteiger partial charge on any atom is -0.480 e. The van der Waals surface area contributed by atoms with Gasteiger partial charge in [-0.05, 0) is 38.0 Å². The van der Waals surface area contributed by atoms with Crippen LogP contribution in [0.25, 0.3) is 11.0 Å². The molecule has 1 aromatic carbocycles. The molecule has 0 spiro atoms. The zero-order chi connectivity index (χ0) is 12.6. The molecule has 0 aliphatic rings. The molecule has 0 saturated heterocycles. The molecular formula is C12H14N2O3. The average molecular weight is 234 g/mol. The number of aromatic nitrogens is 1. The lowest BCUT2D eigenvalue weighted by Gasteiger charge is -2.07. The van der Waals surface area contributed by atoms with E-state index in [9.17, 15) is 4.79 Å². The molecule has 5 nitrogen and oxygen atoms in total. The fraction of sp³-hybridized carbons (Fsp3) is 0.333. The summed E-state index contributed by atoms with van der Waals surface area (Å²) in [6, 6.07) is 3.22.